The number of nitrogens with one attached hydrogen (secondary N) is 1. The third-order valence-electron chi connectivity index (χ3n) is 5.70. The van der Waals surface area contributed by atoms with Gasteiger partial charge in [0.25, 0.3) is 5.91 Å². The maximum absolute atomic E-state index is 12.8. The summed E-state index contributed by atoms with van der Waals surface area (Å²) in [4.78, 5) is 29.1. The second kappa shape index (κ2) is 10.8. The van der Waals surface area contributed by atoms with E-state index < -0.39 is 0 Å². The lowest BCUT2D eigenvalue weighted by Crippen LogP contribution is -2.50. The maximum atomic E-state index is 12.8. The molecule has 0 atom stereocenters. The number of hydrogen-bond donors (Lipinski definition) is 1. The number of amides is 2. The van der Waals surface area contributed by atoms with Crippen molar-refractivity contribution < 1.29 is 18.7 Å². The Hall–Kier alpha value is -3.58. The van der Waals surface area contributed by atoms with Gasteiger partial charge in [0.2, 0.25) is 5.91 Å². The van der Waals surface area contributed by atoms with E-state index in [-0.39, 0.29) is 18.4 Å². The molecule has 1 saturated heterocycles. The van der Waals surface area contributed by atoms with E-state index in [0.717, 1.165) is 23.4 Å². The van der Waals surface area contributed by atoms with Crippen molar-refractivity contribution in [1.82, 2.24) is 9.80 Å². The molecule has 1 fully saturated rings. The first-order chi connectivity index (χ1) is 16.1. The first kappa shape index (κ1) is 22.6. The zero-order chi connectivity index (χ0) is 23.0. The molecule has 0 spiro atoms. The van der Waals surface area contributed by atoms with Crippen LogP contribution >= 0.6 is 0 Å². The molecule has 3 aromatic rings. The van der Waals surface area contributed by atoms with Crippen LogP contribution in [0.5, 0.6) is 5.75 Å². The molecule has 0 unspecified atom stereocenters. The summed E-state index contributed by atoms with van der Waals surface area (Å²) in [5.41, 5.74) is 1.98. The number of rotatable bonds is 8. The van der Waals surface area contributed by atoms with Crippen molar-refractivity contribution >= 4 is 17.5 Å². The predicted octanol–water partition coefficient (Wildman–Crippen LogP) is 3.82. The number of hydrogen-bond acceptors (Lipinski definition) is 5. The van der Waals surface area contributed by atoms with Gasteiger partial charge in [0.1, 0.15) is 18.1 Å². The summed E-state index contributed by atoms with van der Waals surface area (Å²) in [6.45, 7) is 5.02. The van der Waals surface area contributed by atoms with Crippen LogP contribution in [0.4, 0.5) is 5.69 Å². The van der Waals surface area contributed by atoms with Gasteiger partial charge in [0.05, 0.1) is 6.54 Å². The van der Waals surface area contributed by atoms with Crippen molar-refractivity contribution in [2.45, 2.75) is 20.0 Å². The molecular weight excluding hydrogens is 418 g/mol. The normalized spacial score (nSPS) is 14.2. The Morgan fingerprint density at radius 1 is 0.939 bits per heavy atom. The SMILES string of the molecule is CCc1ccccc1NC(=O)CN1CCN(C(=O)c2ccc(COc3ccccc3)o2)CC1. The minimum absolute atomic E-state index is 0.0373. The molecule has 2 aromatic carbocycles. The van der Waals surface area contributed by atoms with Crippen molar-refractivity contribution in [2.24, 2.45) is 0 Å². The minimum Gasteiger partial charge on any atom is -0.486 e. The van der Waals surface area contributed by atoms with Crippen LogP contribution in [0, 0.1) is 0 Å². The van der Waals surface area contributed by atoms with E-state index in [0.29, 0.717) is 44.2 Å². The van der Waals surface area contributed by atoms with Gasteiger partial charge in [0.15, 0.2) is 5.76 Å². The standard InChI is InChI=1S/C26H29N3O4/c1-2-20-8-6-7-11-23(20)27-25(30)18-28-14-16-29(17-15-28)26(31)24-13-12-22(33-24)19-32-21-9-4-3-5-10-21/h3-13H,2,14-19H2,1H3,(H,27,30). The molecule has 2 heterocycles. The Bertz CT molecular complexity index is 1070. The molecule has 2 amide bonds. The second-order valence-corrected chi connectivity index (χ2v) is 7.99. The lowest BCUT2D eigenvalue weighted by molar-refractivity contribution is -0.117. The number of anilines is 1. The average Bonchev–Trinajstić information content (AvgIpc) is 3.33. The van der Waals surface area contributed by atoms with Gasteiger partial charge in [-0.2, -0.15) is 0 Å². The summed E-state index contributed by atoms with van der Waals surface area (Å²) >= 11 is 0. The Balaban J connectivity index is 1.23. The molecule has 33 heavy (non-hydrogen) atoms. The van der Waals surface area contributed by atoms with Gasteiger partial charge in [-0.3, -0.25) is 14.5 Å². The van der Waals surface area contributed by atoms with Gasteiger partial charge >= 0.3 is 0 Å². The predicted molar refractivity (Wildman–Crippen MR) is 126 cm³/mol. The second-order valence-electron chi connectivity index (χ2n) is 7.99. The van der Waals surface area contributed by atoms with Crippen LogP contribution < -0.4 is 10.1 Å². The lowest BCUT2D eigenvalue weighted by Gasteiger charge is -2.33. The Morgan fingerprint density at radius 3 is 2.42 bits per heavy atom. The number of furan rings is 1. The third-order valence-corrected chi connectivity index (χ3v) is 5.70. The van der Waals surface area contributed by atoms with Crippen molar-refractivity contribution in [2.75, 3.05) is 38.0 Å². The maximum Gasteiger partial charge on any atom is 0.289 e. The van der Waals surface area contributed by atoms with Gasteiger partial charge in [-0.05, 0) is 42.3 Å². The van der Waals surface area contributed by atoms with E-state index in [1.807, 2.05) is 54.6 Å². The molecule has 0 bridgehead atoms. The number of carbonyl (C=O) groups excluding carboxylic acids is 2. The summed E-state index contributed by atoms with van der Waals surface area (Å²) in [7, 11) is 0. The number of piperazine rings is 1. The smallest absolute Gasteiger partial charge is 0.289 e. The molecule has 1 aliphatic heterocycles. The summed E-state index contributed by atoms with van der Waals surface area (Å²) < 4.78 is 11.4. The van der Waals surface area contributed by atoms with E-state index in [2.05, 4.69) is 17.1 Å². The molecule has 1 aromatic heterocycles. The molecule has 7 heteroatoms. The van der Waals surface area contributed by atoms with Crippen LogP contribution in [0.1, 0.15) is 28.8 Å². The largest absolute Gasteiger partial charge is 0.486 e. The molecular formula is C26H29N3O4. The monoisotopic (exact) mass is 447 g/mol. The van der Waals surface area contributed by atoms with E-state index >= 15 is 0 Å². The third kappa shape index (κ3) is 6.02. The van der Waals surface area contributed by atoms with Gasteiger partial charge in [-0.15, -0.1) is 0 Å². The highest BCUT2D eigenvalue weighted by Crippen LogP contribution is 2.17. The van der Waals surface area contributed by atoms with Crippen molar-refractivity contribution in [3.8, 4) is 5.75 Å². The van der Waals surface area contributed by atoms with Crippen molar-refractivity contribution in [3.63, 3.8) is 0 Å². The fourth-order valence-electron chi connectivity index (χ4n) is 3.85. The van der Waals surface area contributed by atoms with Gasteiger partial charge < -0.3 is 19.4 Å². The molecule has 172 valence electrons. The van der Waals surface area contributed by atoms with Crippen LogP contribution in [0.25, 0.3) is 0 Å². The fourth-order valence-corrected chi connectivity index (χ4v) is 3.85. The Morgan fingerprint density at radius 2 is 1.67 bits per heavy atom. The average molecular weight is 448 g/mol. The zero-order valence-electron chi connectivity index (χ0n) is 18.8. The number of benzene rings is 2. The molecule has 7 nitrogen and oxygen atoms in total. The Labute approximate surface area is 193 Å². The number of para-hydroxylation sites is 2. The van der Waals surface area contributed by atoms with Crippen LogP contribution in [0.15, 0.2) is 71.1 Å². The van der Waals surface area contributed by atoms with Crippen LogP contribution in [0.3, 0.4) is 0 Å². The summed E-state index contributed by atoms with van der Waals surface area (Å²) in [6, 6.07) is 20.8. The highest BCUT2D eigenvalue weighted by molar-refractivity contribution is 5.93. The van der Waals surface area contributed by atoms with Crippen molar-refractivity contribution in [3.05, 3.63) is 83.8 Å². The van der Waals surface area contributed by atoms with Crippen LogP contribution in [0.2, 0.25) is 0 Å². The zero-order valence-corrected chi connectivity index (χ0v) is 18.8. The highest BCUT2D eigenvalue weighted by atomic mass is 16.5. The number of nitrogens with zero attached hydrogens (tertiary/aromatic N) is 2. The number of ether oxygens (including phenoxy) is 1. The summed E-state index contributed by atoms with van der Waals surface area (Å²) in [5, 5.41) is 3.01. The van der Waals surface area contributed by atoms with Crippen LogP contribution in [-0.2, 0) is 17.8 Å². The summed E-state index contributed by atoms with van der Waals surface area (Å²) in [6.07, 6.45) is 0.865. The lowest BCUT2D eigenvalue weighted by atomic mass is 10.1. The molecule has 0 saturated carbocycles. The fraction of sp³-hybridized carbons (Fsp3) is 0.308. The van der Waals surface area contributed by atoms with E-state index in [1.165, 1.54) is 0 Å². The van der Waals surface area contributed by atoms with Gasteiger partial charge in [0, 0.05) is 31.9 Å². The molecule has 1 aliphatic rings. The van der Waals surface area contributed by atoms with E-state index in [1.54, 1.807) is 17.0 Å². The number of aryl methyl sites for hydroxylation is 1. The van der Waals surface area contributed by atoms with Crippen molar-refractivity contribution in [1.29, 1.82) is 0 Å². The first-order valence-corrected chi connectivity index (χ1v) is 11.3. The van der Waals surface area contributed by atoms with Gasteiger partial charge in [-0.1, -0.05) is 43.3 Å². The van der Waals surface area contributed by atoms with E-state index in [9.17, 15) is 9.59 Å². The quantitative estimate of drug-likeness (QED) is 0.568. The summed E-state index contributed by atoms with van der Waals surface area (Å²) in [5.74, 6) is 1.49. The number of carbonyl (C=O) groups is 2. The molecule has 0 aliphatic carbocycles. The highest BCUT2D eigenvalue weighted by Gasteiger charge is 2.25. The molecule has 1 N–H and O–H groups in total. The topological polar surface area (TPSA) is 75.0 Å². The van der Waals surface area contributed by atoms with E-state index in [4.69, 9.17) is 9.15 Å². The Kier molecular flexibility index (Phi) is 7.42. The van der Waals surface area contributed by atoms with Crippen LogP contribution in [-0.4, -0.2) is 54.3 Å². The first-order valence-electron chi connectivity index (χ1n) is 11.3. The minimum atomic E-state index is -0.137. The molecule has 0 radical (unpaired) electrons. The molecule has 4 rings (SSSR count). The van der Waals surface area contributed by atoms with Gasteiger partial charge in [-0.25, -0.2) is 0 Å².